The molecular formula is C8H12N6O3S. The van der Waals surface area contributed by atoms with Crippen molar-refractivity contribution in [1.29, 1.82) is 0 Å². The predicted octanol–water partition coefficient (Wildman–Crippen LogP) is -1.09. The Labute approximate surface area is 103 Å². The molecule has 2 rings (SSSR count). The maximum absolute atomic E-state index is 11.9. The second-order valence-corrected chi connectivity index (χ2v) is 5.21. The molecule has 0 bridgehead atoms. The van der Waals surface area contributed by atoms with Crippen LogP contribution in [0.3, 0.4) is 0 Å². The lowest BCUT2D eigenvalue weighted by Crippen LogP contribution is -2.28. The largest absolute Gasteiger partial charge is 0.381 e. The van der Waals surface area contributed by atoms with Crippen molar-refractivity contribution >= 4 is 15.8 Å². The van der Waals surface area contributed by atoms with Gasteiger partial charge in [-0.2, -0.15) is 4.98 Å². The quantitative estimate of drug-likeness (QED) is 0.707. The summed E-state index contributed by atoms with van der Waals surface area (Å²) in [7, 11) is -2.14. The van der Waals surface area contributed by atoms with Crippen molar-refractivity contribution in [2.24, 2.45) is 7.05 Å². The number of aromatic nitrogens is 4. The zero-order valence-electron chi connectivity index (χ0n) is 9.57. The van der Waals surface area contributed by atoms with Gasteiger partial charge in [0.25, 0.3) is 10.0 Å². The van der Waals surface area contributed by atoms with Crippen LogP contribution < -0.4 is 10.5 Å². The molecule has 10 heteroatoms. The lowest BCUT2D eigenvalue weighted by molar-refractivity contribution is 0.377. The maximum atomic E-state index is 11.9. The number of nitrogens with one attached hydrogen (secondary N) is 1. The number of anilines is 1. The summed E-state index contributed by atoms with van der Waals surface area (Å²) in [6.07, 6.45) is 2.89. The zero-order valence-corrected chi connectivity index (χ0v) is 10.4. The van der Waals surface area contributed by atoms with Crippen LogP contribution in [0.5, 0.6) is 0 Å². The van der Waals surface area contributed by atoms with Crippen LogP contribution in [-0.4, -0.2) is 34.7 Å². The topological polar surface area (TPSA) is 129 Å². The molecule has 0 unspecified atom stereocenters. The second-order valence-electron chi connectivity index (χ2n) is 3.53. The fraction of sp³-hybridized carbons (Fsp3) is 0.375. The van der Waals surface area contributed by atoms with Crippen LogP contribution in [0.15, 0.2) is 22.2 Å². The number of rotatable bonds is 5. The van der Waals surface area contributed by atoms with E-state index in [1.807, 2.05) is 0 Å². The highest BCUT2D eigenvalue weighted by Crippen LogP contribution is 2.14. The molecule has 0 saturated carbocycles. The van der Waals surface area contributed by atoms with Gasteiger partial charge in [0.1, 0.15) is 0 Å². The molecule has 2 heterocycles. The summed E-state index contributed by atoms with van der Waals surface area (Å²) >= 11 is 0. The molecule has 0 aliphatic heterocycles. The van der Waals surface area contributed by atoms with E-state index in [0.29, 0.717) is 12.3 Å². The minimum atomic E-state index is -3.70. The number of nitrogens with two attached hydrogens (primary N) is 1. The Bertz CT molecular complexity index is 598. The molecular weight excluding hydrogens is 260 g/mol. The van der Waals surface area contributed by atoms with Gasteiger partial charge in [-0.25, -0.2) is 18.1 Å². The lowest BCUT2D eigenvalue weighted by atomic mass is 10.4. The van der Waals surface area contributed by atoms with Gasteiger partial charge in [-0.3, -0.25) is 0 Å². The molecule has 0 atom stereocenters. The summed E-state index contributed by atoms with van der Waals surface area (Å²) in [4.78, 5) is 7.50. The SMILES string of the molecule is Cn1cnc(N)c1S(=O)(=O)NCCc1ncno1. The predicted molar refractivity (Wildman–Crippen MR) is 60.8 cm³/mol. The molecule has 98 valence electrons. The molecule has 0 saturated heterocycles. The van der Waals surface area contributed by atoms with E-state index in [4.69, 9.17) is 10.3 Å². The van der Waals surface area contributed by atoms with Crippen LogP contribution >= 0.6 is 0 Å². The fourth-order valence-corrected chi connectivity index (χ4v) is 2.69. The third kappa shape index (κ3) is 2.49. The fourth-order valence-electron chi connectivity index (χ4n) is 1.43. The van der Waals surface area contributed by atoms with Gasteiger partial charge in [0.05, 0.1) is 6.33 Å². The standard InChI is InChI=1S/C8H12N6O3S/c1-14-5-11-7(9)8(14)18(15,16)13-3-2-6-10-4-12-17-6/h4-5,13H,2-3,9H2,1H3. The minimum absolute atomic E-state index is 0.0391. The van der Waals surface area contributed by atoms with E-state index in [0.717, 1.165) is 0 Å². The molecule has 2 aromatic heterocycles. The zero-order chi connectivity index (χ0) is 13.2. The summed E-state index contributed by atoms with van der Waals surface area (Å²) in [6, 6.07) is 0. The van der Waals surface area contributed by atoms with Gasteiger partial charge in [0, 0.05) is 20.0 Å². The van der Waals surface area contributed by atoms with Gasteiger partial charge in [-0.15, -0.1) is 0 Å². The molecule has 9 nitrogen and oxygen atoms in total. The number of aryl methyl sites for hydroxylation is 1. The van der Waals surface area contributed by atoms with E-state index in [2.05, 4.69) is 19.8 Å². The average Bonchev–Trinajstić information content (AvgIpc) is 2.89. The van der Waals surface area contributed by atoms with Crippen molar-refractivity contribution < 1.29 is 12.9 Å². The minimum Gasteiger partial charge on any atom is -0.381 e. The van der Waals surface area contributed by atoms with Crippen molar-refractivity contribution in [3.63, 3.8) is 0 Å². The first-order valence-electron chi connectivity index (χ1n) is 5.02. The summed E-state index contributed by atoms with van der Waals surface area (Å²) in [5, 5.41) is 3.36. The van der Waals surface area contributed by atoms with E-state index < -0.39 is 10.0 Å². The molecule has 18 heavy (non-hydrogen) atoms. The maximum Gasteiger partial charge on any atom is 0.260 e. The Morgan fingerprint density at radius 3 is 2.83 bits per heavy atom. The second kappa shape index (κ2) is 4.74. The summed E-state index contributed by atoms with van der Waals surface area (Å²) in [5.74, 6) is 0.318. The number of hydrogen-bond donors (Lipinski definition) is 2. The van der Waals surface area contributed by atoms with Gasteiger partial charge < -0.3 is 14.8 Å². The van der Waals surface area contributed by atoms with Crippen LogP contribution in [0.2, 0.25) is 0 Å². The van der Waals surface area contributed by atoms with Crippen LogP contribution in [-0.2, 0) is 23.5 Å². The highest BCUT2D eigenvalue weighted by atomic mass is 32.2. The first kappa shape index (κ1) is 12.5. The van der Waals surface area contributed by atoms with Crippen LogP contribution in [0, 0.1) is 0 Å². The monoisotopic (exact) mass is 272 g/mol. The molecule has 0 radical (unpaired) electrons. The highest BCUT2D eigenvalue weighted by Gasteiger charge is 2.21. The molecule has 2 aromatic rings. The van der Waals surface area contributed by atoms with Crippen LogP contribution in [0.1, 0.15) is 5.89 Å². The van der Waals surface area contributed by atoms with Gasteiger partial charge in [-0.05, 0) is 0 Å². The normalized spacial score (nSPS) is 11.8. The van der Waals surface area contributed by atoms with Crippen molar-refractivity contribution in [3.05, 3.63) is 18.5 Å². The summed E-state index contributed by atoms with van der Waals surface area (Å²) in [6.45, 7) is 0.134. The Morgan fingerprint density at radius 1 is 1.50 bits per heavy atom. The molecule has 3 N–H and O–H groups in total. The first-order valence-corrected chi connectivity index (χ1v) is 6.51. The molecule has 0 aliphatic carbocycles. The molecule has 0 fully saturated rings. The smallest absolute Gasteiger partial charge is 0.260 e. The van der Waals surface area contributed by atoms with Crippen molar-refractivity contribution in [2.45, 2.75) is 11.4 Å². The Kier molecular flexibility index (Phi) is 3.30. The Balaban J connectivity index is 2.04. The number of nitrogen functional groups attached to an aromatic ring is 1. The molecule has 0 spiro atoms. The third-order valence-electron chi connectivity index (χ3n) is 2.20. The Hall–Kier alpha value is -1.94. The van der Waals surface area contributed by atoms with Gasteiger partial charge in [-0.1, -0.05) is 5.16 Å². The number of sulfonamides is 1. The summed E-state index contributed by atoms with van der Waals surface area (Å²) in [5.41, 5.74) is 5.50. The average molecular weight is 272 g/mol. The van der Waals surface area contributed by atoms with E-state index in [1.54, 1.807) is 7.05 Å². The molecule has 0 amide bonds. The highest BCUT2D eigenvalue weighted by molar-refractivity contribution is 7.89. The first-order chi connectivity index (χ1) is 8.50. The van der Waals surface area contributed by atoms with Gasteiger partial charge >= 0.3 is 0 Å². The van der Waals surface area contributed by atoms with E-state index in [-0.39, 0.29) is 17.4 Å². The summed E-state index contributed by atoms with van der Waals surface area (Å²) < 4.78 is 32.4. The van der Waals surface area contributed by atoms with Gasteiger partial charge in [0.2, 0.25) is 5.89 Å². The van der Waals surface area contributed by atoms with Crippen molar-refractivity contribution in [1.82, 2.24) is 24.4 Å². The third-order valence-corrected chi connectivity index (χ3v) is 3.79. The van der Waals surface area contributed by atoms with Crippen molar-refractivity contribution in [3.8, 4) is 0 Å². The molecule has 0 aromatic carbocycles. The number of nitrogens with zero attached hydrogens (tertiary/aromatic N) is 4. The van der Waals surface area contributed by atoms with Crippen LogP contribution in [0.25, 0.3) is 0 Å². The Morgan fingerprint density at radius 2 is 2.28 bits per heavy atom. The van der Waals surface area contributed by atoms with E-state index in [9.17, 15) is 8.42 Å². The number of hydrogen-bond acceptors (Lipinski definition) is 7. The van der Waals surface area contributed by atoms with Crippen LogP contribution in [0.4, 0.5) is 5.82 Å². The van der Waals surface area contributed by atoms with Gasteiger partial charge in [0.15, 0.2) is 17.2 Å². The van der Waals surface area contributed by atoms with E-state index >= 15 is 0 Å². The lowest BCUT2D eigenvalue weighted by Gasteiger charge is -2.06. The van der Waals surface area contributed by atoms with Crippen molar-refractivity contribution in [2.75, 3.05) is 12.3 Å². The molecule has 0 aliphatic rings. The number of imidazole rings is 1. The van der Waals surface area contributed by atoms with E-state index in [1.165, 1.54) is 17.2 Å².